The van der Waals surface area contributed by atoms with Crippen molar-refractivity contribution in [3.8, 4) is 29.1 Å². The molecule has 3 heterocycles. The summed E-state index contributed by atoms with van der Waals surface area (Å²) in [5.74, 6) is 4.61. The number of thiophene rings is 1. The van der Waals surface area contributed by atoms with Crippen LogP contribution >= 0.6 is 11.3 Å². The predicted molar refractivity (Wildman–Crippen MR) is 158 cm³/mol. The fraction of sp³-hybridized carbons (Fsp3) is 0.194. The molecule has 0 saturated heterocycles. The van der Waals surface area contributed by atoms with Gasteiger partial charge in [0.2, 0.25) is 10.0 Å². The molecule has 9 nitrogen and oxygen atoms in total. The third kappa shape index (κ3) is 6.29. The van der Waals surface area contributed by atoms with Crippen molar-refractivity contribution >= 4 is 27.3 Å². The predicted octanol–water partition coefficient (Wildman–Crippen LogP) is 5.33. The second-order valence-electron chi connectivity index (χ2n) is 10.4. The number of hydrogen-bond acceptors (Lipinski definition) is 7. The van der Waals surface area contributed by atoms with Crippen LogP contribution in [0.4, 0.5) is 4.39 Å². The van der Waals surface area contributed by atoms with Crippen molar-refractivity contribution in [2.24, 2.45) is 11.1 Å². The molecule has 5 aromatic rings. The van der Waals surface area contributed by atoms with Gasteiger partial charge >= 0.3 is 12.0 Å². The quantitative estimate of drug-likeness (QED) is 0.225. The first kappa shape index (κ1) is 28.5. The number of aryl methyl sites for hydroxylation is 1. The van der Waals surface area contributed by atoms with E-state index in [2.05, 4.69) is 16.8 Å². The minimum Gasteiger partial charge on any atom is -0.476 e. The van der Waals surface area contributed by atoms with Crippen molar-refractivity contribution < 1.29 is 27.1 Å². The second-order valence-corrected chi connectivity index (χ2v) is 13.2. The Hall–Kier alpha value is -4.57. The molecule has 2 aromatic carbocycles. The molecule has 0 bridgehead atoms. The van der Waals surface area contributed by atoms with Gasteiger partial charge in [0.25, 0.3) is 0 Å². The Labute approximate surface area is 250 Å². The largest absolute Gasteiger partial charge is 0.476 e. The van der Waals surface area contributed by atoms with Crippen LogP contribution in [0.1, 0.15) is 55.5 Å². The highest BCUT2D eigenvalue weighted by atomic mass is 32.2. The van der Waals surface area contributed by atoms with E-state index < -0.39 is 26.7 Å². The van der Waals surface area contributed by atoms with E-state index in [1.165, 1.54) is 15.6 Å². The van der Waals surface area contributed by atoms with Crippen LogP contribution in [0.2, 0.25) is 0 Å². The lowest BCUT2D eigenvalue weighted by atomic mass is 9.96. The summed E-state index contributed by atoms with van der Waals surface area (Å²) in [6.45, 7) is 2.02. The number of carboxylic acids is 1. The van der Waals surface area contributed by atoms with Crippen LogP contribution < -0.4 is 5.14 Å². The lowest BCUT2D eigenvalue weighted by Gasteiger charge is -2.10. The van der Waals surface area contributed by atoms with Crippen LogP contribution in [0.3, 0.4) is 0 Å². The monoisotopic (exact) mass is 616 g/mol. The Morgan fingerprint density at radius 1 is 1.19 bits per heavy atom. The summed E-state index contributed by atoms with van der Waals surface area (Å²) >= 11 is 1.61. The van der Waals surface area contributed by atoms with Gasteiger partial charge in [-0.1, -0.05) is 30.0 Å². The van der Waals surface area contributed by atoms with Gasteiger partial charge in [0.05, 0.1) is 16.3 Å². The second kappa shape index (κ2) is 11.3. The summed E-state index contributed by atoms with van der Waals surface area (Å²) in [7, 11) is -4.23. The fourth-order valence-electron chi connectivity index (χ4n) is 4.79. The zero-order valence-corrected chi connectivity index (χ0v) is 24.5. The van der Waals surface area contributed by atoms with Crippen LogP contribution in [0.25, 0.3) is 17.3 Å². The van der Waals surface area contributed by atoms with Crippen molar-refractivity contribution in [2.75, 3.05) is 0 Å². The number of halogens is 1. The third-order valence-corrected chi connectivity index (χ3v) is 8.91. The van der Waals surface area contributed by atoms with E-state index >= 15 is 0 Å². The first-order valence-corrected chi connectivity index (χ1v) is 15.7. The summed E-state index contributed by atoms with van der Waals surface area (Å²) in [6, 6.07) is 15.4. The van der Waals surface area contributed by atoms with Crippen LogP contribution in [0.15, 0.2) is 70.2 Å². The van der Waals surface area contributed by atoms with Crippen molar-refractivity contribution in [1.29, 1.82) is 0 Å². The van der Waals surface area contributed by atoms with Gasteiger partial charge in [0, 0.05) is 28.0 Å². The minimum atomic E-state index is -4.23. The number of primary sulfonamides is 1. The van der Waals surface area contributed by atoms with Gasteiger partial charge in [-0.25, -0.2) is 22.7 Å². The Morgan fingerprint density at radius 3 is 2.65 bits per heavy atom. The summed E-state index contributed by atoms with van der Waals surface area (Å²) in [4.78, 5) is 17.2. The number of carboxylic acid groups (broad SMARTS) is 1. The zero-order valence-electron chi connectivity index (χ0n) is 22.9. The van der Waals surface area contributed by atoms with Gasteiger partial charge in [-0.05, 0) is 74.1 Å². The van der Waals surface area contributed by atoms with E-state index in [4.69, 9.17) is 14.7 Å². The zero-order chi connectivity index (χ0) is 30.3. The fourth-order valence-corrected chi connectivity index (χ4v) is 6.10. The number of aromatic nitrogens is 3. The van der Waals surface area contributed by atoms with Gasteiger partial charge in [-0.15, -0.1) is 11.3 Å². The number of benzene rings is 2. The average molecular weight is 617 g/mol. The maximum atomic E-state index is 14.8. The van der Waals surface area contributed by atoms with Gasteiger partial charge in [-0.3, -0.25) is 0 Å². The van der Waals surface area contributed by atoms with Crippen molar-refractivity contribution in [3.05, 3.63) is 105 Å². The molecule has 1 fully saturated rings. The topological polar surface area (TPSA) is 141 Å². The molecule has 0 aliphatic heterocycles. The van der Waals surface area contributed by atoms with Gasteiger partial charge in [0.1, 0.15) is 17.0 Å². The number of oxazole rings is 1. The maximum Gasteiger partial charge on any atom is 0.357 e. The standard InChI is InChI=1S/C31H25FN4O5S2/c1-18-5-10-23(42-18)11-8-19-3-2-4-22(13-19)29-24(14-21-9-12-28(25(32)15-21)43(33,39)40)27(16-20-6-7-20)36(35-29)31-34-26(17-41-31)30(37)38/h2-5,9-10,12-13,15,17,20H,6-7,14,16H2,1H3,(H,37,38)(H2,33,39,40). The van der Waals surface area contributed by atoms with Crippen LogP contribution in [-0.2, 0) is 22.9 Å². The molecule has 0 unspecified atom stereocenters. The van der Waals surface area contributed by atoms with E-state index in [-0.39, 0.29) is 18.1 Å². The first-order valence-electron chi connectivity index (χ1n) is 13.4. The van der Waals surface area contributed by atoms with E-state index in [0.717, 1.165) is 58.5 Å². The molecule has 218 valence electrons. The van der Waals surface area contributed by atoms with Crippen molar-refractivity contribution in [2.45, 2.75) is 37.5 Å². The van der Waals surface area contributed by atoms with Gasteiger partial charge in [-0.2, -0.15) is 14.8 Å². The highest BCUT2D eigenvalue weighted by molar-refractivity contribution is 7.89. The summed E-state index contributed by atoms with van der Waals surface area (Å²) in [6.07, 6.45) is 3.93. The number of carbonyl (C=O) groups is 1. The number of hydrogen-bond donors (Lipinski definition) is 2. The summed E-state index contributed by atoms with van der Waals surface area (Å²) in [5.41, 5.74) is 3.82. The van der Waals surface area contributed by atoms with Crippen molar-refractivity contribution in [1.82, 2.24) is 14.8 Å². The molecule has 43 heavy (non-hydrogen) atoms. The Morgan fingerprint density at radius 2 is 2.00 bits per heavy atom. The number of aromatic carboxylic acids is 1. The molecule has 3 N–H and O–H groups in total. The molecule has 1 aliphatic rings. The lowest BCUT2D eigenvalue weighted by molar-refractivity contribution is 0.0690. The molecule has 1 saturated carbocycles. The Balaban J connectivity index is 1.49. The lowest BCUT2D eigenvalue weighted by Crippen LogP contribution is -2.14. The average Bonchev–Trinajstić information content (AvgIpc) is 3.30. The van der Waals surface area contributed by atoms with Crippen LogP contribution in [0.5, 0.6) is 0 Å². The normalized spacial score (nSPS) is 13.1. The van der Waals surface area contributed by atoms with Gasteiger partial charge < -0.3 is 9.52 Å². The number of rotatable bonds is 8. The molecular formula is C31H25FN4O5S2. The Bertz CT molecular complexity index is 2040. The summed E-state index contributed by atoms with van der Waals surface area (Å²) in [5, 5.41) is 19.4. The number of nitrogens with zero attached hydrogens (tertiary/aromatic N) is 3. The minimum absolute atomic E-state index is 0.000292. The number of sulfonamides is 1. The smallest absolute Gasteiger partial charge is 0.357 e. The maximum absolute atomic E-state index is 14.8. The van der Waals surface area contributed by atoms with Crippen LogP contribution in [-0.4, -0.2) is 34.3 Å². The molecule has 6 rings (SSSR count). The molecule has 0 radical (unpaired) electrons. The van der Waals surface area contributed by atoms with E-state index in [9.17, 15) is 22.7 Å². The highest BCUT2D eigenvalue weighted by Gasteiger charge is 2.30. The SMILES string of the molecule is Cc1ccc(C#Cc2cccc(-c3nn(-c4nc(C(=O)O)co4)c(CC4CC4)c3Cc3ccc(S(N)(=O)=O)c(F)c3)c2)s1. The molecule has 0 spiro atoms. The molecule has 3 aromatic heterocycles. The van der Waals surface area contributed by atoms with E-state index in [1.807, 2.05) is 43.3 Å². The van der Waals surface area contributed by atoms with E-state index in [0.29, 0.717) is 23.6 Å². The molecule has 0 amide bonds. The highest BCUT2D eigenvalue weighted by Crippen LogP contribution is 2.38. The number of nitrogens with two attached hydrogens (primary N) is 1. The van der Waals surface area contributed by atoms with Gasteiger partial charge in [0.15, 0.2) is 5.69 Å². The van der Waals surface area contributed by atoms with Crippen LogP contribution in [0, 0.1) is 30.5 Å². The van der Waals surface area contributed by atoms with E-state index in [1.54, 1.807) is 11.3 Å². The van der Waals surface area contributed by atoms with Crippen molar-refractivity contribution in [3.63, 3.8) is 0 Å². The Kier molecular flexibility index (Phi) is 7.47. The molecule has 0 atom stereocenters. The molecule has 12 heteroatoms. The third-order valence-electron chi connectivity index (χ3n) is 7.05. The summed E-state index contributed by atoms with van der Waals surface area (Å²) < 4.78 is 45.5. The first-order chi connectivity index (χ1) is 20.5. The molecular weight excluding hydrogens is 591 g/mol. The molecule has 1 aliphatic carbocycles.